The third-order valence-corrected chi connectivity index (χ3v) is 3.12. The Morgan fingerprint density at radius 2 is 2.21 bits per heavy atom. The molecule has 1 heterocycles. The van der Waals surface area contributed by atoms with Gasteiger partial charge >= 0.3 is 0 Å². The maximum Gasteiger partial charge on any atom is 0.287 e. The van der Waals surface area contributed by atoms with E-state index in [9.17, 15) is 14.5 Å². The summed E-state index contributed by atoms with van der Waals surface area (Å²) in [7, 11) is 0. The molecule has 3 nitrogen and oxygen atoms in total. The fourth-order valence-corrected chi connectivity index (χ4v) is 2.37. The molecular formula is C9H6FNO2S. The van der Waals surface area contributed by atoms with Gasteiger partial charge in [0.2, 0.25) is 0 Å². The number of hydrogen-bond donors (Lipinski definition) is 0. The van der Waals surface area contributed by atoms with Crippen LogP contribution in [0.25, 0.3) is 10.1 Å². The number of thiophene rings is 1. The quantitative estimate of drug-likeness (QED) is 0.536. The Labute approximate surface area is 82.9 Å². The van der Waals surface area contributed by atoms with Gasteiger partial charge in [0.15, 0.2) is 0 Å². The summed E-state index contributed by atoms with van der Waals surface area (Å²) >= 11 is 1.27. The lowest BCUT2D eigenvalue weighted by Crippen LogP contribution is -1.86. The predicted octanol–water partition coefficient (Wildman–Crippen LogP) is 3.26. The molecule has 1 aromatic carbocycles. The molecule has 0 unspecified atom stereocenters. The van der Waals surface area contributed by atoms with Gasteiger partial charge in [0.25, 0.3) is 5.69 Å². The van der Waals surface area contributed by atoms with Gasteiger partial charge in [-0.05, 0) is 24.6 Å². The summed E-state index contributed by atoms with van der Waals surface area (Å²) in [6, 6.07) is 2.58. The SMILES string of the molecule is Cc1cc(F)cc2c([N+](=O)[O-])csc12. The highest BCUT2D eigenvalue weighted by molar-refractivity contribution is 7.18. The van der Waals surface area contributed by atoms with Crippen LogP contribution >= 0.6 is 11.3 Å². The number of fused-ring (bicyclic) bond motifs is 1. The minimum Gasteiger partial charge on any atom is -0.258 e. The van der Waals surface area contributed by atoms with E-state index in [-0.39, 0.29) is 5.69 Å². The van der Waals surface area contributed by atoms with Crippen molar-refractivity contribution in [2.75, 3.05) is 0 Å². The predicted molar refractivity (Wildman–Crippen MR) is 53.2 cm³/mol. The van der Waals surface area contributed by atoms with Crippen LogP contribution in [0.1, 0.15) is 5.56 Å². The van der Waals surface area contributed by atoms with Crippen molar-refractivity contribution in [2.45, 2.75) is 6.92 Å². The molecule has 0 aliphatic rings. The summed E-state index contributed by atoms with van der Waals surface area (Å²) in [4.78, 5) is 10.1. The molecule has 0 fully saturated rings. The van der Waals surface area contributed by atoms with Crippen LogP contribution in [-0.2, 0) is 0 Å². The largest absolute Gasteiger partial charge is 0.287 e. The van der Waals surface area contributed by atoms with Crippen LogP contribution in [-0.4, -0.2) is 4.92 Å². The molecule has 0 atom stereocenters. The van der Waals surface area contributed by atoms with Gasteiger partial charge in [-0.3, -0.25) is 10.1 Å². The first-order chi connectivity index (χ1) is 6.59. The van der Waals surface area contributed by atoms with Crippen LogP contribution in [0.15, 0.2) is 17.5 Å². The Hall–Kier alpha value is -1.49. The van der Waals surface area contributed by atoms with E-state index in [0.717, 1.165) is 10.3 Å². The van der Waals surface area contributed by atoms with Crippen molar-refractivity contribution in [1.29, 1.82) is 0 Å². The van der Waals surface area contributed by atoms with E-state index < -0.39 is 10.7 Å². The molecule has 0 N–H and O–H groups in total. The van der Waals surface area contributed by atoms with Crippen LogP contribution in [0.2, 0.25) is 0 Å². The van der Waals surface area contributed by atoms with Crippen LogP contribution in [0.4, 0.5) is 10.1 Å². The highest BCUT2D eigenvalue weighted by atomic mass is 32.1. The van der Waals surface area contributed by atoms with Crippen LogP contribution in [0, 0.1) is 22.9 Å². The minimum atomic E-state index is -0.488. The van der Waals surface area contributed by atoms with Gasteiger partial charge in [0, 0.05) is 4.70 Å². The van der Waals surface area contributed by atoms with Gasteiger partial charge in [-0.25, -0.2) is 4.39 Å². The zero-order chi connectivity index (χ0) is 10.3. The molecule has 2 rings (SSSR count). The van der Waals surface area contributed by atoms with E-state index in [4.69, 9.17) is 0 Å². The molecule has 1 aromatic heterocycles. The number of nitrogens with zero attached hydrogens (tertiary/aromatic N) is 1. The van der Waals surface area contributed by atoms with E-state index >= 15 is 0 Å². The summed E-state index contributed by atoms with van der Waals surface area (Å²) < 4.78 is 13.8. The Morgan fingerprint density at radius 1 is 1.50 bits per heavy atom. The first-order valence-corrected chi connectivity index (χ1v) is 4.79. The Bertz CT molecular complexity index is 521. The average molecular weight is 211 g/mol. The smallest absolute Gasteiger partial charge is 0.258 e. The monoisotopic (exact) mass is 211 g/mol. The van der Waals surface area contributed by atoms with Crippen molar-refractivity contribution >= 4 is 27.1 Å². The number of benzene rings is 1. The molecule has 2 aromatic rings. The molecular weight excluding hydrogens is 205 g/mol. The van der Waals surface area contributed by atoms with Crippen LogP contribution in [0.5, 0.6) is 0 Å². The maximum absolute atomic E-state index is 13.0. The van der Waals surface area contributed by atoms with Crippen molar-refractivity contribution in [1.82, 2.24) is 0 Å². The van der Waals surface area contributed by atoms with E-state index in [2.05, 4.69) is 0 Å². The normalized spacial score (nSPS) is 10.7. The molecule has 72 valence electrons. The summed E-state index contributed by atoms with van der Waals surface area (Å²) in [5.74, 6) is -0.434. The second-order valence-corrected chi connectivity index (χ2v) is 3.86. The van der Waals surface area contributed by atoms with Crippen molar-refractivity contribution in [2.24, 2.45) is 0 Å². The molecule has 5 heteroatoms. The van der Waals surface area contributed by atoms with Gasteiger partial charge in [-0.2, -0.15) is 0 Å². The topological polar surface area (TPSA) is 43.1 Å². The molecule has 0 aliphatic carbocycles. The van der Waals surface area contributed by atoms with Gasteiger partial charge in [0.05, 0.1) is 15.7 Å². The number of halogens is 1. The third kappa shape index (κ3) is 1.26. The Kier molecular flexibility index (Phi) is 1.96. The van der Waals surface area contributed by atoms with Crippen LogP contribution in [0.3, 0.4) is 0 Å². The molecule has 14 heavy (non-hydrogen) atoms. The molecule has 0 amide bonds. The summed E-state index contributed by atoms with van der Waals surface area (Å²) in [6.45, 7) is 1.74. The number of nitro groups is 1. The van der Waals surface area contributed by atoms with Crippen molar-refractivity contribution in [3.63, 3.8) is 0 Å². The van der Waals surface area contributed by atoms with E-state index in [1.54, 1.807) is 6.92 Å². The van der Waals surface area contributed by atoms with E-state index in [1.807, 2.05) is 0 Å². The van der Waals surface area contributed by atoms with E-state index in [1.165, 1.54) is 28.8 Å². The van der Waals surface area contributed by atoms with Crippen molar-refractivity contribution in [3.05, 3.63) is 39.0 Å². The lowest BCUT2D eigenvalue weighted by molar-refractivity contribution is -0.382. The molecule has 0 spiro atoms. The highest BCUT2D eigenvalue weighted by Gasteiger charge is 2.16. The summed E-state index contributed by atoms with van der Waals surface area (Å²) in [5.41, 5.74) is 0.714. The summed E-state index contributed by atoms with van der Waals surface area (Å²) in [6.07, 6.45) is 0. The van der Waals surface area contributed by atoms with Crippen molar-refractivity contribution in [3.8, 4) is 0 Å². The fraction of sp³-hybridized carbons (Fsp3) is 0.111. The Morgan fingerprint density at radius 3 is 2.86 bits per heavy atom. The molecule has 0 saturated heterocycles. The van der Waals surface area contributed by atoms with E-state index in [0.29, 0.717) is 5.39 Å². The maximum atomic E-state index is 13.0. The van der Waals surface area contributed by atoms with Crippen LogP contribution < -0.4 is 0 Å². The first-order valence-electron chi connectivity index (χ1n) is 3.91. The molecule has 0 aliphatic heterocycles. The minimum absolute atomic E-state index is 0.0207. The average Bonchev–Trinajstić information content (AvgIpc) is 2.47. The zero-order valence-electron chi connectivity index (χ0n) is 7.28. The van der Waals surface area contributed by atoms with Crippen molar-refractivity contribution < 1.29 is 9.31 Å². The molecule has 0 radical (unpaired) electrons. The highest BCUT2D eigenvalue weighted by Crippen LogP contribution is 2.34. The van der Waals surface area contributed by atoms with Gasteiger partial charge in [-0.15, -0.1) is 11.3 Å². The standard InChI is InChI=1S/C9H6FNO2S/c1-5-2-6(10)3-7-8(11(12)13)4-14-9(5)7/h2-4H,1H3. The lowest BCUT2D eigenvalue weighted by atomic mass is 10.1. The van der Waals surface area contributed by atoms with Gasteiger partial charge < -0.3 is 0 Å². The number of aryl methyl sites for hydroxylation is 1. The number of rotatable bonds is 1. The molecule has 0 saturated carbocycles. The summed E-state index contributed by atoms with van der Waals surface area (Å²) in [5, 5.41) is 12.4. The second-order valence-electron chi connectivity index (χ2n) is 2.98. The lowest BCUT2D eigenvalue weighted by Gasteiger charge is -1.95. The first kappa shape index (κ1) is 9.08. The Balaban J connectivity index is 2.85. The molecule has 0 bridgehead atoms. The third-order valence-electron chi connectivity index (χ3n) is 2.00. The zero-order valence-corrected chi connectivity index (χ0v) is 8.10. The fourth-order valence-electron chi connectivity index (χ4n) is 1.40. The van der Waals surface area contributed by atoms with Gasteiger partial charge in [0.1, 0.15) is 5.82 Å². The van der Waals surface area contributed by atoms with Gasteiger partial charge in [-0.1, -0.05) is 0 Å². The number of hydrogen-bond acceptors (Lipinski definition) is 3. The second kappa shape index (κ2) is 3.02.